The molecule has 1 unspecified atom stereocenters. The Morgan fingerprint density at radius 2 is 1.74 bits per heavy atom. The van der Waals surface area contributed by atoms with E-state index in [9.17, 15) is 4.79 Å². The van der Waals surface area contributed by atoms with Crippen molar-refractivity contribution in [1.82, 2.24) is 0 Å². The first kappa shape index (κ1) is 20.4. The quantitative estimate of drug-likeness (QED) is 0.440. The zero-order chi connectivity index (χ0) is 16.8. The molecule has 1 aliphatic heterocycles. The Morgan fingerprint density at radius 3 is 2.30 bits per heavy atom. The van der Waals surface area contributed by atoms with Gasteiger partial charge in [0, 0.05) is 6.61 Å². The molecule has 1 saturated heterocycles. The van der Waals surface area contributed by atoms with Gasteiger partial charge in [-0.05, 0) is 25.7 Å². The van der Waals surface area contributed by atoms with E-state index < -0.39 is 5.97 Å². The summed E-state index contributed by atoms with van der Waals surface area (Å²) in [5.41, 5.74) is 0. The monoisotopic (exact) mass is 328 g/mol. The van der Waals surface area contributed by atoms with Crippen LogP contribution < -0.4 is 0 Å². The van der Waals surface area contributed by atoms with E-state index in [2.05, 4.69) is 6.92 Å². The van der Waals surface area contributed by atoms with E-state index >= 15 is 0 Å². The van der Waals surface area contributed by atoms with E-state index in [-0.39, 0.29) is 18.8 Å². The Labute approximate surface area is 141 Å². The van der Waals surface area contributed by atoms with Crippen LogP contribution in [0.4, 0.5) is 0 Å². The zero-order valence-electron chi connectivity index (χ0n) is 14.9. The lowest BCUT2D eigenvalue weighted by Crippen LogP contribution is -2.29. The maximum atomic E-state index is 11.0. The summed E-state index contributed by atoms with van der Waals surface area (Å²) in [7, 11) is 0. The molecule has 23 heavy (non-hydrogen) atoms. The highest BCUT2D eigenvalue weighted by atomic mass is 16.7. The van der Waals surface area contributed by atoms with Gasteiger partial charge in [0.05, 0.1) is 12.5 Å². The maximum absolute atomic E-state index is 11.0. The van der Waals surface area contributed by atoms with Crippen LogP contribution in [0.15, 0.2) is 0 Å². The van der Waals surface area contributed by atoms with Gasteiger partial charge in [-0.3, -0.25) is 4.79 Å². The van der Waals surface area contributed by atoms with Gasteiger partial charge in [-0.2, -0.15) is 0 Å². The van der Waals surface area contributed by atoms with Crippen molar-refractivity contribution in [3.63, 3.8) is 0 Å². The Morgan fingerprint density at radius 1 is 1.09 bits per heavy atom. The molecule has 4 nitrogen and oxygen atoms in total. The highest BCUT2D eigenvalue weighted by Crippen LogP contribution is 2.20. The van der Waals surface area contributed by atoms with Gasteiger partial charge in [-0.25, -0.2) is 0 Å². The minimum atomic E-state index is -0.776. The molecule has 0 amide bonds. The molecule has 0 radical (unpaired) electrons. The van der Waals surface area contributed by atoms with Gasteiger partial charge in [-0.15, -0.1) is 0 Å². The predicted molar refractivity (Wildman–Crippen MR) is 92.6 cm³/mol. The van der Waals surface area contributed by atoms with E-state index in [1.165, 1.54) is 51.4 Å². The van der Waals surface area contributed by atoms with Crippen LogP contribution in [0.3, 0.4) is 0 Å². The van der Waals surface area contributed by atoms with Crippen LogP contribution in [0.1, 0.15) is 96.8 Å². The van der Waals surface area contributed by atoms with Crippen molar-refractivity contribution < 1.29 is 19.4 Å². The van der Waals surface area contributed by atoms with Gasteiger partial charge in [-0.1, -0.05) is 64.7 Å². The summed E-state index contributed by atoms with van der Waals surface area (Å²) in [6, 6.07) is 0. The maximum Gasteiger partial charge on any atom is 0.305 e. The second-order valence-corrected chi connectivity index (χ2v) is 6.77. The summed E-state index contributed by atoms with van der Waals surface area (Å²) in [5.74, 6) is -0.776. The topological polar surface area (TPSA) is 55.8 Å². The molecule has 0 spiro atoms. The van der Waals surface area contributed by atoms with Gasteiger partial charge in [0.1, 0.15) is 0 Å². The first-order valence-electron chi connectivity index (χ1n) is 9.71. The highest BCUT2D eigenvalue weighted by Gasteiger charge is 2.21. The van der Waals surface area contributed by atoms with Crippen LogP contribution in [0, 0.1) is 0 Å². The first-order chi connectivity index (χ1) is 11.2. The Hall–Kier alpha value is -0.610. The minimum Gasteiger partial charge on any atom is -0.481 e. The molecule has 0 saturated carbocycles. The van der Waals surface area contributed by atoms with Crippen LogP contribution in [-0.4, -0.2) is 30.1 Å². The smallest absolute Gasteiger partial charge is 0.305 e. The van der Waals surface area contributed by atoms with Crippen LogP contribution in [0.2, 0.25) is 0 Å². The summed E-state index contributed by atoms with van der Waals surface area (Å²) < 4.78 is 11.4. The summed E-state index contributed by atoms with van der Waals surface area (Å²) >= 11 is 0. The number of rotatable bonds is 14. The lowest BCUT2D eigenvalue weighted by molar-refractivity contribution is -0.193. The molecule has 0 aromatic heterocycles. The molecule has 1 N–H and O–H groups in total. The van der Waals surface area contributed by atoms with E-state index in [1.807, 2.05) is 0 Å². The van der Waals surface area contributed by atoms with Gasteiger partial charge in [0.15, 0.2) is 6.29 Å². The summed E-state index contributed by atoms with van der Waals surface area (Å²) in [6.07, 6.45) is 15.2. The Kier molecular flexibility index (Phi) is 12.3. The van der Waals surface area contributed by atoms with Crippen molar-refractivity contribution >= 4 is 5.97 Å². The molecule has 1 rings (SSSR count). The lowest BCUT2D eigenvalue weighted by Gasteiger charge is -2.27. The molecule has 1 aliphatic rings. The highest BCUT2D eigenvalue weighted by molar-refractivity contribution is 5.67. The predicted octanol–water partition coefficient (Wildman–Crippen LogP) is 5.29. The van der Waals surface area contributed by atoms with Crippen LogP contribution in [0.25, 0.3) is 0 Å². The molecular formula is C19H36O4. The molecule has 136 valence electrons. The van der Waals surface area contributed by atoms with Crippen molar-refractivity contribution in [1.29, 1.82) is 0 Å². The molecule has 4 heteroatoms. The molecule has 0 bridgehead atoms. The molecule has 0 aliphatic carbocycles. The van der Waals surface area contributed by atoms with Gasteiger partial charge in [0.2, 0.25) is 0 Å². The molecule has 2 atom stereocenters. The fraction of sp³-hybridized carbons (Fsp3) is 0.947. The van der Waals surface area contributed by atoms with Crippen molar-refractivity contribution in [3.05, 3.63) is 0 Å². The van der Waals surface area contributed by atoms with Crippen molar-refractivity contribution in [2.24, 2.45) is 0 Å². The van der Waals surface area contributed by atoms with Gasteiger partial charge < -0.3 is 14.6 Å². The number of hydrogen-bond donors (Lipinski definition) is 1. The number of hydrogen-bond acceptors (Lipinski definition) is 3. The van der Waals surface area contributed by atoms with E-state index in [0.29, 0.717) is 0 Å². The molecule has 0 aromatic carbocycles. The third kappa shape index (κ3) is 11.5. The third-order valence-electron chi connectivity index (χ3n) is 4.51. The van der Waals surface area contributed by atoms with Crippen molar-refractivity contribution in [2.45, 2.75) is 109 Å². The SMILES string of the molecule is CCCCCCCCCCC[C@H](CC(=O)O)OC1CCCCO1. The lowest BCUT2D eigenvalue weighted by atomic mass is 10.0. The molecule has 0 aromatic rings. The van der Waals surface area contributed by atoms with Gasteiger partial charge in [0.25, 0.3) is 0 Å². The van der Waals surface area contributed by atoms with E-state index in [0.717, 1.165) is 38.7 Å². The van der Waals surface area contributed by atoms with Crippen LogP contribution in [-0.2, 0) is 14.3 Å². The number of carbonyl (C=O) groups is 1. The second-order valence-electron chi connectivity index (χ2n) is 6.77. The summed E-state index contributed by atoms with van der Waals surface area (Å²) in [5, 5.41) is 9.04. The summed E-state index contributed by atoms with van der Waals surface area (Å²) in [6.45, 7) is 2.98. The zero-order valence-corrected chi connectivity index (χ0v) is 14.9. The van der Waals surface area contributed by atoms with E-state index in [1.54, 1.807) is 0 Å². The Balaban J connectivity index is 2.07. The van der Waals surface area contributed by atoms with Crippen LogP contribution >= 0.6 is 0 Å². The van der Waals surface area contributed by atoms with E-state index in [4.69, 9.17) is 14.6 Å². The number of carboxylic acids is 1. The van der Waals surface area contributed by atoms with Crippen molar-refractivity contribution in [3.8, 4) is 0 Å². The fourth-order valence-electron chi connectivity index (χ4n) is 3.13. The largest absolute Gasteiger partial charge is 0.481 e. The van der Waals surface area contributed by atoms with Gasteiger partial charge >= 0.3 is 5.97 Å². The minimum absolute atomic E-state index is 0.0941. The third-order valence-corrected chi connectivity index (χ3v) is 4.51. The molecule has 1 fully saturated rings. The van der Waals surface area contributed by atoms with Crippen LogP contribution in [0.5, 0.6) is 0 Å². The fourth-order valence-corrected chi connectivity index (χ4v) is 3.13. The summed E-state index contributed by atoms with van der Waals surface area (Å²) in [4.78, 5) is 11.0. The normalized spacial score (nSPS) is 19.6. The number of carboxylic acid groups (broad SMARTS) is 1. The number of ether oxygens (including phenoxy) is 2. The number of aliphatic carboxylic acids is 1. The second kappa shape index (κ2) is 13.8. The average molecular weight is 328 g/mol. The standard InChI is InChI=1S/C19H36O4/c1-2-3-4-5-6-7-8-9-10-13-17(16-18(20)21)23-19-14-11-12-15-22-19/h17,19H,2-16H2,1H3,(H,20,21)/t17-,19?/m1/s1. The molecular weight excluding hydrogens is 292 g/mol. The Bertz CT molecular complexity index is 287. The average Bonchev–Trinajstić information content (AvgIpc) is 2.53. The van der Waals surface area contributed by atoms with Crippen molar-refractivity contribution in [2.75, 3.05) is 6.61 Å². The molecule has 1 heterocycles. The first-order valence-corrected chi connectivity index (χ1v) is 9.71. The number of unbranched alkanes of at least 4 members (excludes halogenated alkanes) is 8.